The number of nitrogens with zero attached hydrogens (tertiary/aromatic N) is 1. The molecule has 16 heavy (non-hydrogen) atoms. The molecule has 1 aromatic rings. The highest BCUT2D eigenvalue weighted by Crippen LogP contribution is 2.22. The average molecular weight is 226 g/mol. The van der Waals surface area contributed by atoms with Crippen LogP contribution in [0.3, 0.4) is 0 Å². The zero-order chi connectivity index (χ0) is 11.5. The fourth-order valence-corrected chi connectivity index (χ4v) is 1.82. The van der Waals surface area contributed by atoms with Crippen molar-refractivity contribution in [1.29, 1.82) is 0 Å². The van der Waals surface area contributed by atoms with E-state index in [0.717, 1.165) is 19.2 Å². The second-order valence-corrected chi connectivity index (χ2v) is 3.84. The molecular weight excluding hydrogens is 212 g/mol. The monoisotopic (exact) mass is 226 g/mol. The van der Waals surface area contributed by atoms with E-state index >= 15 is 0 Å². The summed E-state index contributed by atoms with van der Waals surface area (Å²) in [5.41, 5.74) is 0.695. The topological polar surface area (TPSA) is 12.5 Å². The van der Waals surface area contributed by atoms with Gasteiger partial charge in [0.15, 0.2) is 11.6 Å². The molecule has 1 aliphatic rings. The third kappa shape index (κ3) is 2.39. The maximum Gasteiger partial charge on any atom is 0.159 e. The minimum Gasteiger partial charge on any atom is -0.379 e. The first-order valence-electron chi connectivity index (χ1n) is 5.28. The molecule has 1 heterocycles. The van der Waals surface area contributed by atoms with Crippen LogP contribution in [0.5, 0.6) is 0 Å². The van der Waals surface area contributed by atoms with Crippen molar-refractivity contribution in [1.82, 2.24) is 4.90 Å². The van der Waals surface area contributed by atoms with Gasteiger partial charge in [-0.1, -0.05) is 6.07 Å². The predicted molar refractivity (Wildman–Crippen MR) is 56.8 cm³/mol. The van der Waals surface area contributed by atoms with E-state index in [1.165, 1.54) is 6.07 Å². The summed E-state index contributed by atoms with van der Waals surface area (Å²) in [5, 5.41) is 0. The van der Waals surface area contributed by atoms with Gasteiger partial charge in [-0.3, -0.25) is 4.90 Å². The lowest BCUT2D eigenvalue weighted by Gasteiger charge is -2.32. The molecule has 0 N–H and O–H groups in total. The van der Waals surface area contributed by atoms with Crippen LogP contribution in [-0.4, -0.2) is 31.2 Å². The Balaban J connectivity index is 2.12. The Morgan fingerprint density at radius 2 is 1.88 bits per heavy atom. The van der Waals surface area contributed by atoms with E-state index in [4.69, 9.17) is 4.74 Å². The molecule has 1 saturated heterocycles. The van der Waals surface area contributed by atoms with E-state index in [2.05, 4.69) is 11.8 Å². The molecule has 1 atom stereocenters. The van der Waals surface area contributed by atoms with Gasteiger partial charge < -0.3 is 4.74 Å². The highest BCUT2D eigenvalue weighted by atomic mass is 19.2. The summed E-state index contributed by atoms with van der Waals surface area (Å²) < 4.78 is 31.1. The smallest absolute Gasteiger partial charge is 0.159 e. The van der Waals surface area contributed by atoms with Crippen molar-refractivity contribution in [2.75, 3.05) is 26.3 Å². The first kappa shape index (κ1) is 11.5. The second kappa shape index (κ2) is 4.89. The fraction of sp³-hybridized carbons (Fsp3) is 0.417. The zero-order valence-electron chi connectivity index (χ0n) is 8.96. The van der Waals surface area contributed by atoms with Gasteiger partial charge in [0.05, 0.1) is 13.2 Å². The molecule has 0 saturated carbocycles. The Bertz CT molecular complexity index is 364. The van der Waals surface area contributed by atoms with Crippen LogP contribution < -0.4 is 0 Å². The number of ether oxygens (including phenoxy) is 1. The Morgan fingerprint density at radius 3 is 2.50 bits per heavy atom. The SMILES string of the molecule is [CH2]C(c1ccc(F)c(F)c1)N1CCOCC1. The molecule has 0 amide bonds. The first-order valence-corrected chi connectivity index (χ1v) is 5.28. The van der Waals surface area contributed by atoms with Gasteiger partial charge >= 0.3 is 0 Å². The largest absolute Gasteiger partial charge is 0.379 e. The van der Waals surface area contributed by atoms with Gasteiger partial charge in [-0.15, -0.1) is 0 Å². The standard InChI is InChI=1S/C12H14F2NO/c1-9(15-4-6-16-7-5-15)10-2-3-11(13)12(14)8-10/h2-3,8-9H,1,4-7H2. The number of halogens is 2. The summed E-state index contributed by atoms with van der Waals surface area (Å²) in [7, 11) is 0. The highest BCUT2D eigenvalue weighted by molar-refractivity contribution is 5.22. The van der Waals surface area contributed by atoms with Crippen LogP contribution in [0.4, 0.5) is 8.78 Å². The lowest BCUT2D eigenvalue weighted by molar-refractivity contribution is 0.0247. The molecule has 1 aromatic carbocycles. The maximum atomic E-state index is 13.1. The Labute approximate surface area is 93.8 Å². The van der Waals surface area contributed by atoms with Gasteiger partial charge in [0.1, 0.15) is 0 Å². The van der Waals surface area contributed by atoms with Gasteiger partial charge in [-0.25, -0.2) is 8.78 Å². The normalized spacial score (nSPS) is 19.7. The Kier molecular flexibility index (Phi) is 3.51. The van der Waals surface area contributed by atoms with Crippen LogP contribution in [0.15, 0.2) is 18.2 Å². The second-order valence-electron chi connectivity index (χ2n) is 3.84. The highest BCUT2D eigenvalue weighted by Gasteiger charge is 2.19. The van der Waals surface area contributed by atoms with Crippen molar-refractivity contribution in [2.24, 2.45) is 0 Å². The summed E-state index contributed by atoms with van der Waals surface area (Å²) in [6, 6.07) is 3.77. The van der Waals surface area contributed by atoms with Crippen LogP contribution in [0, 0.1) is 18.6 Å². The number of benzene rings is 1. The summed E-state index contributed by atoms with van der Waals surface area (Å²) in [6.45, 7) is 6.85. The number of rotatable bonds is 2. The fourth-order valence-electron chi connectivity index (χ4n) is 1.82. The molecule has 2 nitrogen and oxygen atoms in total. The van der Waals surface area contributed by atoms with E-state index < -0.39 is 11.6 Å². The van der Waals surface area contributed by atoms with Crippen molar-refractivity contribution in [3.63, 3.8) is 0 Å². The minimum atomic E-state index is -0.821. The molecule has 1 radical (unpaired) electrons. The molecule has 87 valence electrons. The number of hydrogen-bond acceptors (Lipinski definition) is 2. The summed E-state index contributed by atoms with van der Waals surface area (Å²) in [5.74, 6) is -1.64. The molecule has 4 heteroatoms. The molecule has 1 unspecified atom stereocenters. The minimum absolute atomic E-state index is 0.154. The summed E-state index contributed by atoms with van der Waals surface area (Å²) in [6.07, 6.45) is 0. The van der Waals surface area contributed by atoms with Crippen LogP contribution in [0.25, 0.3) is 0 Å². The van der Waals surface area contributed by atoms with E-state index in [1.54, 1.807) is 6.07 Å². The van der Waals surface area contributed by atoms with Crippen LogP contribution >= 0.6 is 0 Å². The van der Waals surface area contributed by atoms with E-state index in [-0.39, 0.29) is 6.04 Å². The van der Waals surface area contributed by atoms with Crippen LogP contribution in [0.2, 0.25) is 0 Å². The lowest BCUT2D eigenvalue weighted by Crippen LogP contribution is -2.38. The van der Waals surface area contributed by atoms with Gasteiger partial charge in [0.25, 0.3) is 0 Å². The molecule has 0 aliphatic carbocycles. The molecule has 1 fully saturated rings. The Morgan fingerprint density at radius 1 is 1.19 bits per heavy atom. The maximum absolute atomic E-state index is 13.1. The molecule has 0 bridgehead atoms. The van der Waals surface area contributed by atoms with Crippen molar-refractivity contribution in [3.05, 3.63) is 42.3 Å². The van der Waals surface area contributed by atoms with Gasteiger partial charge in [-0.2, -0.15) is 0 Å². The molecule has 2 rings (SSSR count). The van der Waals surface area contributed by atoms with Crippen molar-refractivity contribution in [2.45, 2.75) is 6.04 Å². The third-order valence-corrected chi connectivity index (χ3v) is 2.81. The average Bonchev–Trinajstić information content (AvgIpc) is 2.33. The lowest BCUT2D eigenvalue weighted by atomic mass is 10.1. The van der Waals surface area contributed by atoms with Crippen LogP contribution in [0.1, 0.15) is 11.6 Å². The molecule has 0 spiro atoms. The van der Waals surface area contributed by atoms with Gasteiger partial charge in [0.2, 0.25) is 0 Å². The third-order valence-electron chi connectivity index (χ3n) is 2.81. The van der Waals surface area contributed by atoms with E-state index in [1.807, 2.05) is 0 Å². The zero-order valence-corrected chi connectivity index (χ0v) is 8.96. The van der Waals surface area contributed by atoms with E-state index in [9.17, 15) is 8.78 Å². The van der Waals surface area contributed by atoms with Gasteiger partial charge in [-0.05, 0) is 24.6 Å². The van der Waals surface area contributed by atoms with Crippen molar-refractivity contribution >= 4 is 0 Å². The Hall–Kier alpha value is -1.00. The summed E-state index contributed by atoms with van der Waals surface area (Å²) in [4.78, 5) is 2.09. The van der Waals surface area contributed by atoms with Crippen molar-refractivity contribution in [3.8, 4) is 0 Å². The number of morpholine rings is 1. The van der Waals surface area contributed by atoms with E-state index in [0.29, 0.717) is 18.8 Å². The summed E-state index contributed by atoms with van der Waals surface area (Å²) >= 11 is 0. The number of hydrogen-bond donors (Lipinski definition) is 0. The van der Waals surface area contributed by atoms with Crippen LogP contribution in [-0.2, 0) is 4.74 Å². The van der Waals surface area contributed by atoms with Crippen molar-refractivity contribution < 1.29 is 13.5 Å². The predicted octanol–water partition coefficient (Wildman–Crippen LogP) is 2.17. The van der Waals surface area contributed by atoms with Gasteiger partial charge in [0, 0.05) is 19.1 Å². The molecule has 1 aliphatic heterocycles. The molecule has 0 aromatic heterocycles. The molecular formula is C12H14F2NO. The first-order chi connectivity index (χ1) is 7.68. The quantitative estimate of drug-likeness (QED) is 0.766.